The van der Waals surface area contributed by atoms with E-state index in [1.165, 1.54) is 0 Å². The number of aromatic nitrogens is 2. The summed E-state index contributed by atoms with van der Waals surface area (Å²) in [5, 5.41) is 10.2. The van der Waals surface area contributed by atoms with Crippen molar-refractivity contribution < 1.29 is 18.3 Å². The average Bonchev–Trinajstić information content (AvgIpc) is 3.17. The Balaban J connectivity index is 1.75. The van der Waals surface area contributed by atoms with Crippen LogP contribution >= 0.6 is 0 Å². The molecule has 4 N–H and O–H groups in total. The van der Waals surface area contributed by atoms with E-state index < -0.39 is 16.0 Å². The number of H-pyrrole nitrogens is 2. The molecular formula is C24H25N3O5S. The Kier molecular flexibility index (Phi) is 5.53. The standard InChI is InChI=1S/C24H25N3O5S/c1-24(2,3)15-5-8-17(9-6-15)33(31,32)27-16-7-10-19-18(12-16)21-14(4-11-20(28)29)13-25-22(21)23(30)26-19/h5-10,12-13,25,27H,4,11H2,1-3H3,(H,26,30)(H,28,29). The van der Waals surface area contributed by atoms with Crippen LogP contribution in [0.4, 0.5) is 5.69 Å². The average molecular weight is 468 g/mol. The number of carboxylic acids is 1. The highest BCUT2D eigenvalue weighted by molar-refractivity contribution is 7.92. The minimum atomic E-state index is -3.83. The fourth-order valence-electron chi connectivity index (χ4n) is 3.85. The topological polar surface area (TPSA) is 132 Å². The van der Waals surface area contributed by atoms with Gasteiger partial charge in [-0.2, -0.15) is 0 Å². The molecule has 2 heterocycles. The van der Waals surface area contributed by atoms with Crippen molar-refractivity contribution in [2.45, 2.75) is 43.9 Å². The summed E-state index contributed by atoms with van der Waals surface area (Å²) >= 11 is 0. The number of carbonyl (C=O) groups is 1. The van der Waals surface area contributed by atoms with Crippen LogP contribution < -0.4 is 10.3 Å². The number of carboxylic acid groups (broad SMARTS) is 1. The fourth-order valence-corrected chi connectivity index (χ4v) is 4.90. The Bertz CT molecular complexity index is 1520. The molecule has 0 radical (unpaired) electrons. The first-order valence-electron chi connectivity index (χ1n) is 10.5. The van der Waals surface area contributed by atoms with Crippen molar-refractivity contribution in [1.82, 2.24) is 9.97 Å². The van der Waals surface area contributed by atoms with E-state index in [1.807, 2.05) is 0 Å². The highest BCUT2D eigenvalue weighted by atomic mass is 32.2. The maximum atomic E-state index is 13.0. The van der Waals surface area contributed by atoms with Crippen LogP contribution in [0.3, 0.4) is 0 Å². The minimum Gasteiger partial charge on any atom is -0.481 e. The quantitative estimate of drug-likeness (QED) is 0.339. The molecule has 172 valence electrons. The maximum absolute atomic E-state index is 13.0. The van der Waals surface area contributed by atoms with Crippen LogP contribution in [0.1, 0.15) is 38.3 Å². The number of rotatable bonds is 6. The van der Waals surface area contributed by atoms with Gasteiger partial charge >= 0.3 is 5.97 Å². The van der Waals surface area contributed by atoms with Crippen molar-refractivity contribution >= 4 is 43.5 Å². The minimum absolute atomic E-state index is 0.0852. The molecule has 8 nitrogen and oxygen atoms in total. The number of pyridine rings is 1. The SMILES string of the molecule is CC(C)(C)c1ccc(S(=O)(=O)Nc2ccc3[nH]c(=O)c4[nH]cc(CCC(=O)O)c4c3c2)cc1. The zero-order chi connectivity index (χ0) is 24.0. The van der Waals surface area contributed by atoms with E-state index in [1.54, 1.807) is 48.7 Å². The second-order valence-corrected chi connectivity index (χ2v) is 10.7. The lowest BCUT2D eigenvalue weighted by molar-refractivity contribution is -0.136. The summed E-state index contributed by atoms with van der Waals surface area (Å²) in [5.74, 6) is -0.940. The molecule has 0 spiro atoms. The van der Waals surface area contributed by atoms with Crippen LogP contribution in [0.25, 0.3) is 21.8 Å². The summed E-state index contributed by atoms with van der Waals surface area (Å²) in [5.41, 5.74) is 2.47. The molecule has 4 rings (SSSR count). The maximum Gasteiger partial charge on any atom is 0.303 e. The molecule has 2 aromatic heterocycles. The van der Waals surface area contributed by atoms with E-state index in [0.29, 0.717) is 33.1 Å². The van der Waals surface area contributed by atoms with Crippen LogP contribution in [0, 0.1) is 0 Å². The van der Waals surface area contributed by atoms with E-state index in [2.05, 4.69) is 35.5 Å². The Labute approximate surface area is 190 Å². The number of fused-ring (bicyclic) bond motifs is 3. The normalized spacial score (nSPS) is 12.3. The van der Waals surface area contributed by atoms with E-state index in [9.17, 15) is 18.0 Å². The smallest absolute Gasteiger partial charge is 0.303 e. The number of nitrogens with one attached hydrogen (secondary N) is 3. The lowest BCUT2D eigenvalue weighted by Gasteiger charge is -2.19. The molecule has 0 unspecified atom stereocenters. The lowest BCUT2D eigenvalue weighted by Crippen LogP contribution is -2.15. The van der Waals surface area contributed by atoms with Gasteiger partial charge in [-0.05, 0) is 53.3 Å². The second kappa shape index (κ2) is 8.08. The van der Waals surface area contributed by atoms with Gasteiger partial charge in [0.25, 0.3) is 15.6 Å². The van der Waals surface area contributed by atoms with Gasteiger partial charge in [0.05, 0.1) is 4.90 Å². The van der Waals surface area contributed by atoms with Gasteiger partial charge in [0.1, 0.15) is 5.52 Å². The first-order chi connectivity index (χ1) is 15.5. The Morgan fingerprint density at radius 2 is 1.79 bits per heavy atom. The summed E-state index contributed by atoms with van der Waals surface area (Å²) in [6.45, 7) is 6.17. The summed E-state index contributed by atoms with van der Waals surface area (Å²) in [6, 6.07) is 11.6. The van der Waals surface area contributed by atoms with E-state index in [-0.39, 0.29) is 28.7 Å². The number of sulfonamides is 1. The Morgan fingerprint density at radius 1 is 1.09 bits per heavy atom. The summed E-state index contributed by atoms with van der Waals surface area (Å²) in [6.07, 6.45) is 1.78. The molecule has 4 aromatic rings. The van der Waals surface area contributed by atoms with Gasteiger partial charge < -0.3 is 15.1 Å². The zero-order valence-electron chi connectivity index (χ0n) is 18.5. The summed E-state index contributed by atoms with van der Waals surface area (Å²) < 4.78 is 28.5. The van der Waals surface area contributed by atoms with Gasteiger partial charge in [0.15, 0.2) is 0 Å². The molecule has 0 saturated carbocycles. The molecule has 33 heavy (non-hydrogen) atoms. The highest BCUT2D eigenvalue weighted by Crippen LogP contribution is 2.29. The second-order valence-electron chi connectivity index (χ2n) is 9.05. The van der Waals surface area contributed by atoms with Crippen LogP contribution in [-0.2, 0) is 26.7 Å². The summed E-state index contributed by atoms with van der Waals surface area (Å²) in [4.78, 5) is 29.3. The van der Waals surface area contributed by atoms with E-state index >= 15 is 0 Å². The molecule has 0 fully saturated rings. The van der Waals surface area contributed by atoms with Gasteiger partial charge in [0, 0.05) is 34.6 Å². The largest absolute Gasteiger partial charge is 0.481 e. The van der Waals surface area contributed by atoms with Gasteiger partial charge in [0.2, 0.25) is 0 Å². The van der Waals surface area contributed by atoms with Crippen molar-refractivity contribution in [3.63, 3.8) is 0 Å². The van der Waals surface area contributed by atoms with Crippen LogP contribution in [0.15, 0.2) is 58.4 Å². The first-order valence-corrected chi connectivity index (χ1v) is 12.0. The van der Waals surface area contributed by atoms with E-state index in [4.69, 9.17) is 5.11 Å². The molecule has 2 aromatic carbocycles. The van der Waals surface area contributed by atoms with Crippen molar-refractivity contribution in [2.75, 3.05) is 4.72 Å². The highest BCUT2D eigenvalue weighted by Gasteiger charge is 2.19. The van der Waals surface area contributed by atoms with Crippen molar-refractivity contribution in [1.29, 1.82) is 0 Å². The van der Waals surface area contributed by atoms with Gasteiger partial charge in [-0.25, -0.2) is 8.42 Å². The van der Waals surface area contributed by atoms with Crippen molar-refractivity contribution in [3.8, 4) is 0 Å². The zero-order valence-corrected chi connectivity index (χ0v) is 19.3. The van der Waals surface area contributed by atoms with Crippen LogP contribution in [0.5, 0.6) is 0 Å². The molecule has 9 heteroatoms. The number of aryl methyl sites for hydroxylation is 1. The lowest BCUT2D eigenvalue weighted by atomic mass is 9.87. The molecule has 0 aliphatic carbocycles. The third-order valence-electron chi connectivity index (χ3n) is 5.62. The fraction of sp³-hybridized carbons (Fsp3) is 0.250. The van der Waals surface area contributed by atoms with Gasteiger partial charge in [-0.15, -0.1) is 0 Å². The first kappa shape index (κ1) is 22.6. The monoisotopic (exact) mass is 467 g/mol. The Morgan fingerprint density at radius 3 is 2.42 bits per heavy atom. The van der Waals surface area contributed by atoms with Crippen LogP contribution in [-0.4, -0.2) is 29.5 Å². The molecule has 0 aliphatic rings. The number of hydrogen-bond donors (Lipinski definition) is 4. The van der Waals surface area contributed by atoms with Crippen molar-refractivity contribution in [2.24, 2.45) is 0 Å². The van der Waals surface area contributed by atoms with Gasteiger partial charge in [-0.3, -0.25) is 14.3 Å². The number of aliphatic carboxylic acids is 1. The predicted octanol–water partition coefficient (Wildman–Crippen LogP) is 4.12. The molecule has 0 atom stereocenters. The van der Waals surface area contributed by atoms with Gasteiger partial charge in [-0.1, -0.05) is 32.9 Å². The van der Waals surface area contributed by atoms with Crippen LogP contribution in [0.2, 0.25) is 0 Å². The number of aromatic amines is 2. The number of benzene rings is 2. The Hall–Kier alpha value is -3.59. The molecular weight excluding hydrogens is 442 g/mol. The predicted molar refractivity (Wildman–Crippen MR) is 128 cm³/mol. The third kappa shape index (κ3) is 4.49. The van der Waals surface area contributed by atoms with E-state index in [0.717, 1.165) is 5.56 Å². The third-order valence-corrected chi connectivity index (χ3v) is 7.01. The number of anilines is 1. The summed E-state index contributed by atoms with van der Waals surface area (Å²) in [7, 11) is -3.83. The number of hydrogen-bond acceptors (Lipinski definition) is 4. The molecule has 0 bridgehead atoms. The molecule has 0 saturated heterocycles. The molecule has 0 aliphatic heterocycles. The van der Waals surface area contributed by atoms with Crippen molar-refractivity contribution in [3.05, 3.63) is 70.1 Å². The molecule has 0 amide bonds.